The topological polar surface area (TPSA) is 74.6 Å². The van der Waals surface area contributed by atoms with Crippen molar-refractivity contribution >= 4 is 45.8 Å². The second kappa shape index (κ2) is 11.2. The fourth-order valence-electron chi connectivity index (χ4n) is 1.92. The Hall–Kier alpha value is -1.36. The molecule has 5 heteroatoms. The van der Waals surface area contributed by atoms with E-state index < -0.39 is 52.2 Å². The molecule has 0 saturated carbocycles. The average Bonchev–Trinajstić information content (AvgIpc) is 2.49. The molecule has 4 nitrogen and oxygen atoms in total. The van der Waals surface area contributed by atoms with Crippen molar-refractivity contribution in [2.24, 2.45) is 0 Å². The summed E-state index contributed by atoms with van der Waals surface area (Å²) in [6.45, 7) is 0. The third-order valence-electron chi connectivity index (χ3n) is 2.92. The minimum absolute atomic E-state index is 0.411. The van der Waals surface area contributed by atoms with Gasteiger partial charge in [-0.2, -0.15) is 0 Å². The van der Waals surface area contributed by atoms with E-state index >= 15 is 0 Å². The number of rotatable bonds is 6. The second-order valence-corrected chi connectivity index (χ2v) is 7.45. The maximum atomic E-state index is 9.43. The van der Waals surface area contributed by atoms with Gasteiger partial charge in [0.25, 0.3) is 0 Å². The first-order valence-corrected chi connectivity index (χ1v) is 10.2. The Morgan fingerprint density at radius 3 is 1.36 bits per heavy atom. The molecule has 0 radical (unpaired) electrons. The van der Waals surface area contributed by atoms with E-state index in [1.807, 2.05) is 0 Å². The van der Waals surface area contributed by atoms with Gasteiger partial charge in [-0.05, 0) is 0 Å². The van der Waals surface area contributed by atoms with Gasteiger partial charge in [-0.15, -0.1) is 0 Å². The van der Waals surface area contributed by atoms with Crippen LogP contribution in [0.5, 0.6) is 0 Å². The summed E-state index contributed by atoms with van der Waals surface area (Å²) in [6.07, 6.45) is -0.806. The van der Waals surface area contributed by atoms with Crippen molar-refractivity contribution in [2.45, 2.75) is 11.5 Å². The molecule has 0 unspecified atom stereocenters. The van der Waals surface area contributed by atoms with Crippen LogP contribution >= 0.6 is 0 Å². The van der Waals surface area contributed by atoms with Gasteiger partial charge in [0.15, 0.2) is 0 Å². The molecule has 0 atom stereocenters. The first-order valence-electron chi connectivity index (χ1n) is 7.09. The maximum absolute atomic E-state index is 9.43. The molecule has 2 N–H and O–H groups in total. The molecule has 22 heavy (non-hydrogen) atoms. The molecule has 2 rings (SSSR count). The van der Waals surface area contributed by atoms with Gasteiger partial charge in [-0.3, -0.25) is 9.59 Å². The van der Waals surface area contributed by atoms with Crippen molar-refractivity contribution in [2.75, 3.05) is 0 Å². The normalized spacial score (nSPS) is 9.09. The third-order valence-corrected chi connectivity index (χ3v) is 5.83. The molecule has 0 aliphatic rings. The van der Waals surface area contributed by atoms with E-state index in [9.17, 15) is 9.59 Å². The zero-order chi connectivity index (χ0) is 16.2. The van der Waals surface area contributed by atoms with Gasteiger partial charge >= 0.3 is 123 Å². The van der Waals surface area contributed by atoms with E-state index in [4.69, 9.17) is 10.2 Å². The predicted molar refractivity (Wildman–Crippen MR) is 85.9 cm³/mol. The number of hydrogen-bond acceptors (Lipinski definition) is 2. The molecule has 0 amide bonds. The molecule has 2 aromatic carbocycles. The van der Waals surface area contributed by atoms with E-state index in [1.165, 1.54) is 16.2 Å². The van der Waals surface area contributed by atoms with Crippen LogP contribution in [0.4, 0.5) is 0 Å². The molecule has 112 valence electrons. The van der Waals surface area contributed by atoms with E-state index in [0.717, 1.165) is 0 Å². The van der Waals surface area contributed by atoms with Crippen LogP contribution in [0.15, 0.2) is 60.7 Å². The molecular weight excluding hydrogens is 308 g/mol. The number of carbonyl (C=O) groups is 2. The molecule has 0 fully saturated rings. The molecule has 0 saturated heterocycles. The molecule has 0 aliphatic carbocycles. The summed E-state index contributed by atoms with van der Waals surface area (Å²) >= 11 is -0.411. The summed E-state index contributed by atoms with van der Waals surface area (Å²) in [5, 5.41) is 15.4. The number of hydrogen-bond donors (Lipinski definition) is 2. The Labute approximate surface area is 148 Å². The molecule has 2 aromatic rings. The fraction of sp³-hybridized carbons (Fsp3) is 0.176. The van der Waals surface area contributed by atoms with E-state index in [-0.39, 0.29) is 0 Å². The SMILES string of the molecule is O=C(O)CC(=O)O.c1ccc([CH2][Ca][CH2]c2ccccc2)cc1. The van der Waals surface area contributed by atoms with E-state index in [0.29, 0.717) is 0 Å². The van der Waals surface area contributed by atoms with Crippen LogP contribution in [0, 0.1) is 0 Å². The summed E-state index contributed by atoms with van der Waals surface area (Å²) < 4.78 is 2.73. The van der Waals surface area contributed by atoms with E-state index in [2.05, 4.69) is 60.7 Å². The first-order chi connectivity index (χ1) is 10.6. The van der Waals surface area contributed by atoms with Gasteiger partial charge in [-0.1, -0.05) is 0 Å². The van der Waals surface area contributed by atoms with Crippen molar-refractivity contribution in [3.8, 4) is 0 Å². The minimum atomic E-state index is -1.31. The standard InChI is InChI=1S/2C7H7.C3H4O4.Ca/c2*1-7-5-3-2-4-6-7;4-2(5)1-3(6)7;/h2*2-6H,1H2;1H2,(H,4,5)(H,6,7);. The van der Waals surface area contributed by atoms with E-state index in [1.54, 1.807) is 0 Å². The summed E-state index contributed by atoms with van der Waals surface area (Å²) in [6, 6.07) is 21.7. The van der Waals surface area contributed by atoms with Gasteiger partial charge < -0.3 is 10.2 Å². The van der Waals surface area contributed by atoms with Crippen LogP contribution in [0.2, 0.25) is 0 Å². The summed E-state index contributed by atoms with van der Waals surface area (Å²) in [5.41, 5.74) is 3.04. The van der Waals surface area contributed by atoms with Crippen LogP contribution < -0.4 is 0 Å². The Morgan fingerprint density at radius 2 is 1.09 bits per heavy atom. The molecule has 0 aliphatic heterocycles. The predicted octanol–water partition coefficient (Wildman–Crippen LogP) is 2.64. The Bertz CT molecular complexity index is 518. The van der Waals surface area contributed by atoms with Crippen molar-refractivity contribution in [3.63, 3.8) is 0 Å². The second-order valence-electron chi connectivity index (χ2n) is 4.79. The number of carboxylic acids is 2. The fourth-order valence-corrected chi connectivity index (χ4v) is 4.51. The Balaban J connectivity index is 0.000000295. The Kier molecular flexibility index (Phi) is 9.55. The number of carboxylic acid groups (broad SMARTS) is 2. The van der Waals surface area contributed by atoms with Gasteiger partial charge in [0.1, 0.15) is 6.42 Å². The van der Waals surface area contributed by atoms with Gasteiger partial charge in [0.2, 0.25) is 0 Å². The van der Waals surface area contributed by atoms with Gasteiger partial charge in [-0.25, -0.2) is 0 Å². The summed E-state index contributed by atoms with van der Waals surface area (Å²) in [5.74, 6) is -2.62. The van der Waals surface area contributed by atoms with Crippen molar-refractivity contribution in [1.82, 2.24) is 0 Å². The first kappa shape index (κ1) is 18.7. The third kappa shape index (κ3) is 9.55. The Morgan fingerprint density at radius 1 is 0.727 bits per heavy atom. The van der Waals surface area contributed by atoms with Crippen molar-refractivity contribution < 1.29 is 19.8 Å². The zero-order valence-electron chi connectivity index (χ0n) is 12.3. The molecule has 0 bridgehead atoms. The molecular formula is C17H18CaO4. The molecule has 0 aromatic heterocycles. The number of aliphatic carboxylic acids is 2. The van der Waals surface area contributed by atoms with Crippen molar-refractivity contribution in [3.05, 3.63) is 71.8 Å². The van der Waals surface area contributed by atoms with Crippen LogP contribution in [0.1, 0.15) is 17.5 Å². The molecule has 0 heterocycles. The molecule has 0 spiro atoms. The summed E-state index contributed by atoms with van der Waals surface area (Å²) in [7, 11) is 0. The quantitative estimate of drug-likeness (QED) is 0.632. The van der Waals surface area contributed by atoms with Crippen LogP contribution in [0.3, 0.4) is 0 Å². The monoisotopic (exact) mass is 326 g/mol. The zero-order valence-corrected chi connectivity index (χ0v) is 14.5. The van der Waals surface area contributed by atoms with Gasteiger partial charge in [0.05, 0.1) is 0 Å². The van der Waals surface area contributed by atoms with Crippen LogP contribution in [-0.2, 0) is 14.6 Å². The average molecular weight is 326 g/mol. The number of benzene rings is 2. The van der Waals surface area contributed by atoms with Crippen LogP contribution in [0.25, 0.3) is 0 Å². The van der Waals surface area contributed by atoms with Crippen LogP contribution in [-0.4, -0.2) is 56.0 Å². The van der Waals surface area contributed by atoms with Crippen molar-refractivity contribution in [1.29, 1.82) is 0 Å². The summed E-state index contributed by atoms with van der Waals surface area (Å²) in [4.78, 5) is 18.9. The van der Waals surface area contributed by atoms with Gasteiger partial charge in [0, 0.05) is 0 Å².